The normalized spacial score (nSPS) is 13.3. The average Bonchev–Trinajstić information content (AvgIpc) is 3.12. The molecule has 3 aromatic carbocycles. The van der Waals surface area contributed by atoms with E-state index in [2.05, 4.69) is 50.2 Å². The van der Waals surface area contributed by atoms with Crippen LogP contribution in [-0.2, 0) is 20.7 Å². The zero-order chi connectivity index (χ0) is 24.1. The second kappa shape index (κ2) is 10.9. The topological polar surface area (TPSA) is 44.8 Å². The van der Waals surface area contributed by atoms with Crippen molar-refractivity contribution >= 4 is 5.97 Å². The predicted molar refractivity (Wildman–Crippen MR) is 135 cm³/mol. The van der Waals surface area contributed by atoms with Crippen molar-refractivity contribution in [3.05, 3.63) is 88.5 Å². The highest BCUT2D eigenvalue weighted by Crippen LogP contribution is 2.47. The molecule has 0 amide bonds. The summed E-state index contributed by atoms with van der Waals surface area (Å²) in [6.07, 6.45) is 0.830. The molecule has 0 saturated heterocycles. The van der Waals surface area contributed by atoms with Crippen LogP contribution in [0.5, 0.6) is 5.75 Å². The number of ether oxygens (including phenoxy) is 3. The fraction of sp³-hybridized carbons (Fsp3) is 0.367. The lowest BCUT2D eigenvalue weighted by atomic mass is 9.92. The molecule has 0 heterocycles. The van der Waals surface area contributed by atoms with Crippen molar-refractivity contribution < 1.29 is 19.0 Å². The number of hydrogen-bond acceptors (Lipinski definition) is 4. The number of esters is 1. The number of hydrogen-bond donors (Lipinski definition) is 0. The highest BCUT2D eigenvalue weighted by Gasteiger charge is 2.28. The molecule has 0 N–H and O–H groups in total. The number of carbonyl (C=O) groups excluding carboxylic acids is 1. The number of carbonyl (C=O) groups is 1. The van der Waals surface area contributed by atoms with Gasteiger partial charge in [-0.05, 0) is 74.1 Å². The van der Waals surface area contributed by atoms with Crippen LogP contribution in [0.3, 0.4) is 0 Å². The lowest BCUT2D eigenvalue weighted by Crippen LogP contribution is -2.28. The Labute approximate surface area is 202 Å². The molecule has 4 nitrogen and oxygen atoms in total. The summed E-state index contributed by atoms with van der Waals surface area (Å²) in [5, 5.41) is 0. The minimum atomic E-state index is -0.578. The molecule has 1 unspecified atom stereocenters. The Morgan fingerprint density at radius 3 is 2.03 bits per heavy atom. The minimum Gasteiger partial charge on any atom is -0.494 e. The summed E-state index contributed by atoms with van der Waals surface area (Å²) >= 11 is 0. The summed E-state index contributed by atoms with van der Waals surface area (Å²) in [5.41, 5.74) is 9.10. The van der Waals surface area contributed by atoms with Crippen molar-refractivity contribution in [1.29, 1.82) is 0 Å². The number of benzene rings is 3. The Balaban J connectivity index is 1.40. The zero-order valence-electron chi connectivity index (χ0n) is 20.6. The monoisotopic (exact) mass is 458 g/mol. The van der Waals surface area contributed by atoms with Crippen molar-refractivity contribution in [2.75, 3.05) is 19.8 Å². The molecule has 0 aromatic heterocycles. The average molecular weight is 459 g/mol. The van der Waals surface area contributed by atoms with E-state index in [0.717, 1.165) is 17.7 Å². The first-order chi connectivity index (χ1) is 16.5. The van der Waals surface area contributed by atoms with E-state index < -0.39 is 6.10 Å². The summed E-state index contributed by atoms with van der Waals surface area (Å²) < 4.78 is 16.8. The number of aryl methyl sites for hydroxylation is 2. The molecule has 0 radical (unpaired) electrons. The molecular weight excluding hydrogens is 424 g/mol. The van der Waals surface area contributed by atoms with Crippen LogP contribution in [0.1, 0.15) is 54.0 Å². The van der Waals surface area contributed by atoms with E-state index in [0.29, 0.717) is 32.2 Å². The second-order valence-corrected chi connectivity index (χ2v) is 8.92. The molecule has 0 bridgehead atoms. The maximum Gasteiger partial charge on any atom is 0.335 e. The smallest absolute Gasteiger partial charge is 0.335 e. The van der Waals surface area contributed by atoms with Gasteiger partial charge in [-0.15, -0.1) is 0 Å². The SMILES string of the molecule is CCOC(=O)C(Cc1ccc(OCCC2c3cc(C)ccc3-c3ccc(C)cc32)cc1)OCC. The molecule has 4 heteroatoms. The van der Waals surface area contributed by atoms with Crippen LogP contribution in [0, 0.1) is 13.8 Å². The molecule has 178 valence electrons. The highest BCUT2D eigenvalue weighted by atomic mass is 16.6. The standard InChI is InChI=1S/C30H34O4/c1-5-32-29(30(31)33-6-2)19-22-9-11-23(12-10-22)34-16-15-26-27-17-20(3)7-13-24(27)25-14-8-21(4)18-28(25)26/h7-14,17-18,26,29H,5-6,15-16,19H2,1-4H3. The molecule has 34 heavy (non-hydrogen) atoms. The Morgan fingerprint density at radius 2 is 1.47 bits per heavy atom. The van der Waals surface area contributed by atoms with E-state index in [4.69, 9.17) is 14.2 Å². The third-order valence-corrected chi connectivity index (χ3v) is 6.39. The van der Waals surface area contributed by atoms with Crippen molar-refractivity contribution in [3.8, 4) is 16.9 Å². The van der Waals surface area contributed by atoms with Gasteiger partial charge in [0.05, 0.1) is 13.2 Å². The van der Waals surface area contributed by atoms with E-state index in [1.807, 2.05) is 31.2 Å². The van der Waals surface area contributed by atoms with E-state index in [1.165, 1.54) is 33.4 Å². The predicted octanol–water partition coefficient (Wildman–Crippen LogP) is 6.40. The van der Waals surface area contributed by atoms with Gasteiger partial charge in [0.25, 0.3) is 0 Å². The first-order valence-corrected chi connectivity index (χ1v) is 12.2. The van der Waals surface area contributed by atoms with Gasteiger partial charge in [0.1, 0.15) is 5.75 Å². The van der Waals surface area contributed by atoms with Gasteiger partial charge in [0.15, 0.2) is 6.10 Å². The van der Waals surface area contributed by atoms with Crippen LogP contribution < -0.4 is 4.74 Å². The Kier molecular flexibility index (Phi) is 7.69. The van der Waals surface area contributed by atoms with Crippen LogP contribution in [-0.4, -0.2) is 31.9 Å². The molecule has 3 aromatic rings. The Hall–Kier alpha value is -3.11. The summed E-state index contributed by atoms with van der Waals surface area (Å²) in [6, 6.07) is 21.5. The third-order valence-electron chi connectivity index (χ3n) is 6.39. The first-order valence-electron chi connectivity index (χ1n) is 12.2. The fourth-order valence-corrected chi connectivity index (χ4v) is 4.79. The summed E-state index contributed by atoms with van der Waals surface area (Å²) in [6.45, 7) is 9.45. The van der Waals surface area contributed by atoms with Gasteiger partial charge < -0.3 is 14.2 Å². The summed E-state index contributed by atoms with van der Waals surface area (Å²) in [7, 11) is 0. The van der Waals surface area contributed by atoms with Gasteiger partial charge in [-0.1, -0.05) is 59.7 Å². The molecule has 0 saturated carbocycles. The molecule has 1 aliphatic carbocycles. The molecule has 0 fully saturated rings. The molecule has 1 aliphatic rings. The maximum atomic E-state index is 12.1. The van der Waals surface area contributed by atoms with E-state index in [1.54, 1.807) is 6.92 Å². The molecule has 0 spiro atoms. The van der Waals surface area contributed by atoms with Crippen LogP contribution in [0.25, 0.3) is 11.1 Å². The van der Waals surface area contributed by atoms with Gasteiger partial charge in [0.2, 0.25) is 0 Å². The largest absolute Gasteiger partial charge is 0.494 e. The Bertz CT molecular complexity index is 1080. The van der Waals surface area contributed by atoms with Crippen molar-refractivity contribution in [3.63, 3.8) is 0 Å². The molecule has 0 aliphatic heterocycles. The molecule has 1 atom stereocenters. The van der Waals surface area contributed by atoms with E-state index in [9.17, 15) is 4.79 Å². The zero-order valence-corrected chi connectivity index (χ0v) is 20.6. The van der Waals surface area contributed by atoms with Gasteiger partial charge in [-0.2, -0.15) is 0 Å². The van der Waals surface area contributed by atoms with E-state index >= 15 is 0 Å². The maximum absolute atomic E-state index is 12.1. The first kappa shape index (κ1) is 24.0. The van der Waals surface area contributed by atoms with Crippen molar-refractivity contribution in [2.45, 2.75) is 52.6 Å². The van der Waals surface area contributed by atoms with Crippen molar-refractivity contribution in [1.82, 2.24) is 0 Å². The molecule has 4 rings (SSSR count). The quantitative estimate of drug-likeness (QED) is 0.330. The fourth-order valence-electron chi connectivity index (χ4n) is 4.79. The van der Waals surface area contributed by atoms with Crippen molar-refractivity contribution in [2.24, 2.45) is 0 Å². The van der Waals surface area contributed by atoms with E-state index in [-0.39, 0.29) is 5.97 Å². The molecular formula is C30H34O4. The minimum absolute atomic E-state index is 0.313. The van der Waals surface area contributed by atoms with Gasteiger partial charge in [-0.25, -0.2) is 4.79 Å². The van der Waals surface area contributed by atoms with Gasteiger partial charge in [-0.3, -0.25) is 0 Å². The lowest BCUT2D eigenvalue weighted by Gasteiger charge is -2.17. The Morgan fingerprint density at radius 1 is 0.853 bits per heavy atom. The van der Waals surface area contributed by atoms with Crippen LogP contribution in [0.4, 0.5) is 0 Å². The van der Waals surface area contributed by atoms with Gasteiger partial charge >= 0.3 is 5.97 Å². The summed E-state index contributed by atoms with van der Waals surface area (Å²) in [5.74, 6) is 0.868. The van der Waals surface area contributed by atoms with Gasteiger partial charge in [0, 0.05) is 18.9 Å². The third kappa shape index (κ3) is 5.34. The number of rotatable bonds is 10. The number of fused-ring (bicyclic) bond motifs is 3. The second-order valence-electron chi connectivity index (χ2n) is 8.92. The highest BCUT2D eigenvalue weighted by molar-refractivity contribution is 5.79. The lowest BCUT2D eigenvalue weighted by molar-refractivity contribution is -0.156. The van der Waals surface area contributed by atoms with Crippen LogP contribution in [0.15, 0.2) is 60.7 Å². The van der Waals surface area contributed by atoms with Crippen LogP contribution in [0.2, 0.25) is 0 Å². The van der Waals surface area contributed by atoms with Crippen LogP contribution >= 0.6 is 0 Å². The summed E-state index contributed by atoms with van der Waals surface area (Å²) in [4.78, 5) is 12.1.